The lowest BCUT2D eigenvalue weighted by Gasteiger charge is -2.09. The van der Waals surface area contributed by atoms with E-state index in [2.05, 4.69) is 32.7 Å². The second-order valence-corrected chi connectivity index (χ2v) is 5.50. The predicted octanol–water partition coefficient (Wildman–Crippen LogP) is 3.38. The highest BCUT2D eigenvalue weighted by molar-refractivity contribution is 6.20. The van der Waals surface area contributed by atoms with E-state index >= 15 is 0 Å². The van der Waals surface area contributed by atoms with Crippen LogP contribution in [0.3, 0.4) is 0 Å². The normalized spacial score (nSPS) is 13.0. The highest BCUT2D eigenvalue weighted by atomic mass is 35.5. The summed E-state index contributed by atoms with van der Waals surface area (Å²) in [5.74, 6) is 2.00. The van der Waals surface area contributed by atoms with Crippen molar-refractivity contribution in [2.75, 3.05) is 0 Å². The van der Waals surface area contributed by atoms with Gasteiger partial charge in [0.1, 0.15) is 5.82 Å². The SMILES string of the molecule is Cc1nc(Cn2c(C(C)Cl)nc3cccc(C)c32)no1. The van der Waals surface area contributed by atoms with Crippen molar-refractivity contribution in [3.63, 3.8) is 0 Å². The molecule has 2 heterocycles. The summed E-state index contributed by atoms with van der Waals surface area (Å²) in [5.41, 5.74) is 3.16. The molecule has 2 aromatic heterocycles. The second-order valence-electron chi connectivity index (χ2n) is 4.84. The minimum Gasteiger partial charge on any atom is -0.340 e. The fourth-order valence-corrected chi connectivity index (χ4v) is 2.56. The average Bonchev–Trinajstić information content (AvgIpc) is 2.95. The quantitative estimate of drug-likeness (QED) is 0.694. The summed E-state index contributed by atoms with van der Waals surface area (Å²) in [4.78, 5) is 8.87. The Morgan fingerprint density at radius 1 is 1.30 bits per heavy atom. The van der Waals surface area contributed by atoms with Crippen molar-refractivity contribution in [1.29, 1.82) is 0 Å². The van der Waals surface area contributed by atoms with E-state index < -0.39 is 0 Å². The zero-order valence-electron chi connectivity index (χ0n) is 11.6. The van der Waals surface area contributed by atoms with Crippen LogP contribution in [0.25, 0.3) is 11.0 Å². The molecule has 1 aromatic carbocycles. The fourth-order valence-electron chi connectivity index (χ4n) is 2.39. The molecule has 0 spiro atoms. The van der Waals surface area contributed by atoms with Crippen LogP contribution in [0.5, 0.6) is 0 Å². The number of benzene rings is 1. The summed E-state index contributed by atoms with van der Waals surface area (Å²) in [6, 6.07) is 6.05. The van der Waals surface area contributed by atoms with E-state index in [1.165, 1.54) is 0 Å². The maximum Gasteiger partial charge on any atom is 0.223 e. The van der Waals surface area contributed by atoms with Gasteiger partial charge in [0.05, 0.1) is 23.0 Å². The Kier molecular flexibility index (Phi) is 3.22. The molecule has 0 amide bonds. The number of hydrogen-bond acceptors (Lipinski definition) is 4. The first-order chi connectivity index (χ1) is 9.56. The molecule has 0 saturated carbocycles. The van der Waals surface area contributed by atoms with Crippen LogP contribution in [-0.2, 0) is 6.54 Å². The van der Waals surface area contributed by atoms with Crippen molar-refractivity contribution in [1.82, 2.24) is 19.7 Å². The maximum atomic E-state index is 6.26. The number of hydrogen-bond donors (Lipinski definition) is 0. The third-order valence-electron chi connectivity index (χ3n) is 3.22. The number of alkyl halides is 1. The summed E-state index contributed by atoms with van der Waals surface area (Å²) < 4.78 is 7.09. The van der Waals surface area contributed by atoms with Crippen molar-refractivity contribution in [3.05, 3.63) is 41.3 Å². The monoisotopic (exact) mass is 290 g/mol. The molecule has 0 aliphatic heterocycles. The summed E-state index contributed by atoms with van der Waals surface area (Å²) in [5, 5.41) is 3.76. The van der Waals surface area contributed by atoms with Crippen LogP contribution in [0.1, 0.15) is 35.4 Å². The van der Waals surface area contributed by atoms with Gasteiger partial charge in [-0.1, -0.05) is 17.3 Å². The Morgan fingerprint density at radius 2 is 2.10 bits per heavy atom. The summed E-state index contributed by atoms with van der Waals surface area (Å²) in [7, 11) is 0. The smallest absolute Gasteiger partial charge is 0.223 e. The van der Waals surface area contributed by atoms with E-state index in [0.717, 1.165) is 22.4 Å². The molecule has 104 valence electrons. The molecule has 1 unspecified atom stereocenters. The Morgan fingerprint density at radius 3 is 2.75 bits per heavy atom. The van der Waals surface area contributed by atoms with Crippen LogP contribution in [0.4, 0.5) is 0 Å². The highest BCUT2D eigenvalue weighted by Gasteiger charge is 2.18. The Labute approximate surface area is 121 Å². The predicted molar refractivity (Wildman–Crippen MR) is 76.9 cm³/mol. The zero-order chi connectivity index (χ0) is 14.3. The molecule has 0 aliphatic carbocycles. The van der Waals surface area contributed by atoms with Crippen molar-refractivity contribution in [2.24, 2.45) is 0 Å². The lowest BCUT2D eigenvalue weighted by molar-refractivity contribution is 0.386. The van der Waals surface area contributed by atoms with Gasteiger partial charge in [0.2, 0.25) is 5.89 Å². The number of halogens is 1. The van der Waals surface area contributed by atoms with Gasteiger partial charge in [0.25, 0.3) is 0 Å². The molecule has 6 heteroatoms. The molecular weight excluding hydrogens is 276 g/mol. The van der Waals surface area contributed by atoms with Crippen LogP contribution in [0.2, 0.25) is 0 Å². The van der Waals surface area contributed by atoms with Gasteiger partial charge in [0.15, 0.2) is 5.82 Å². The molecule has 20 heavy (non-hydrogen) atoms. The molecule has 0 fully saturated rings. The topological polar surface area (TPSA) is 56.7 Å². The molecule has 3 rings (SSSR count). The molecule has 0 aliphatic rings. The van der Waals surface area contributed by atoms with Gasteiger partial charge in [-0.3, -0.25) is 0 Å². The van der Waals surface area contributed by atoms with Crippen LogP contribution >= 0.6 is 11.6 Å². The molecular formula is C14H15ClN4O. The number of para-hydroxylation sites is 1. The first-order valence-electron chi connectivity index (χ1n) is 6.45. The van der Waals surface area contributed by atoms with Gasteiger partial charge >= 0.3 is 0 Å². The number of fused-ring (bicyclic) bond motifs is 1. The van der Waals surface area contributed by atoms with Gasteiger partial charge in [-0.25, -0.2) is 4.98 Å². The largest absolute Gasteiger partial charge is 0.340 e. The molecule has 0 bridgehead atoms. The standard InChI is InChI=1S/C14H15ClN4O/c1-8-5-4-6-11-13(8)19(14(17-11)9(2)15)7-12-16-10(3)20-18-12/h4-6,9H,7H2,1-3H3. The van der Waals surface area contributed by atoms with E-state index in [9.17, 15) is 0 Å². The summed E-state index contributed by atoms with van der Waals surface area (Å²) >= 11 is 6.26. The van der Waals surface area contributed by atoms with Crippen molar-refractivity contribution < 1.29 is 4.52 Å². The number of aromatic nitrogens is 4. The molecule has 5 nitrogen and oxygen atoms in total. The Bertz CT molecular complexity index is 760. The van der Waals surface area contributed by atoms with Gasteiger partial charge in [-0.15, -0.1) is 11.6 Å². The van der Waals surface area contributed by atoms with Crippen molar-refractivity contribution >= 4 is 22.6 Å². The third-order valence-corrected chi connectivity index (χ3v) is 3.42. The first-order valence-corrected chi connectivity index (χ1v) is 6.89. The number of nitrogens with zero attached hydrogens (tertiary/aromatic N) is 4. The van der Waals surface area contributed by atoms with Crippen LogP contribution in [0, 0.1) is 13.8 Å². The molecule has 1 atom stereocenters. The fraction of sp³-hybridized carbons (Fsp3) is 0.357. The van der Waals surface area contributed by atoms with Crippen LogP contribution < -0.4 is 0 Å². The van der Waals surface area contributed by atoms with E-state index in [0.29, 0.717) is 18.3 Å². The summed E-state index contributed by atoms with van der Waals surface area (Å²) in [6.45, 7) is 6.25. The van der Waals surface area contributed by atoms with Crippen molar-refractivity contribution in [2.45, 2.75) is 32.7 Å². The zero-order valence-corrected chi connectivity index (χ0v) is 12.3. The van der Waals surface area contributed by atoms with E-state index in [1.54, 1.807) is 6.92 Å². The number of aryl methyl sites for hydroxylation is 2. The van der Waals surface area contributed by atoms with Gasteiger partial charge < -0.3 is 9.09 Å². The summed E-state index contributed by atoms with van der Waals surface area (Å²) in [6.07, 6.45) is 0. The minimum absolute atomic E-state index is 0.185. The number of rotatable bonds is 3. The molecule has 0 radical (unpaired) electrons. The van der Waals surface area contributed by atoms with E-state index in [1.807, 2.05) is 19.1 Å². The van der Waals surface area contributed by atoms with Gasteiger partial charge in [0, 0.05) is 6.92 Å². The van der Waals surface area contributed by atoms with Crippen LogP contribution in [0.15, 0.2) is 22.7 Å². The van der Waals surface area contributed by atoms with Gasteiger partial charge in [-0.05, 0) is 25.5 Å². The maximum absolute atomic E-state index is 6.26. The first kappa shape index (κ1) is 13.1. The average molecular weight is 291 g/mol. The highest BCUT2D eigenvalue weighted by Crippen LogP contribution is 2.27. The lowest BCUT2D eigenvalue weighted by Crippen LogP contribution is -2.07. The second kappa shape index (κ2) is 4.90. The molecule has 3 aromatic rings. The lowest BCUT2D eigenvalue weighted by atomic mass is 10.2. The Hall–Kier alpha value is -1.88. The Balaban J connectivity index is 2.18. The molecule has 0 N–H and O–H groups in total. The van der Waals surface area contributed by atoms with Gasteiger partial charge in [-0.2, -0.15) is 4.98 Å². The van der Waals surface area contributed by atoms with E-state index in [-0.39, 0.29) is 5.38 Å². The minimum atomic E-state index is -0.185. The molecule has 0 saturated heterocycles. The third kappa shape index (κ3) is 2.18. The van der Waals surface area contributed by atoms with Crippen LogP contribution in [-0.4, -0.2) is 19.7 Å². The van der Waals surface area contributed by atoms with Crippen molar-refractivity contribution in [3.8, 4) is 0 Å². The van der Waals surface area contributed by atoms with E-state index in [4.69, 9.17) is 16.1 Å². The number of imidazole rings is 1.